The molecule has 0 saturated heterocycles. The fourth-order valence-electron chi connectivity index (χ4n) is 4.60. The van der Waals surface area contributed by atoms with E-state index in [-0.39, 0.29) is 18.0 Å². The summed E-state index contributed by atoms with van der Waals surface area (Å²) >= 11 is 0. The Hall–Kier alpha value is -3.09. The molecular formula is C23H27N3O4. The molecule has 0 unspecified atom stereocenters. The van der Waals surface area contributed by atoms with E-state index in [0.717, 1.165) is 47.8 Å². The lowest BCUT2D eigenvalue weighted by Gasteiger charge is -2.23. The van der Waals surface area contributed by atoms with Crippen LogP contribution in [0.15, 0.2) is 29.1 Å². The third-order valence-electron chi connectivity index (χ3n) is 6.15. The minimum absolute atomic E-state index is 0.0692. The number of oxazole rings is 1. The van der Waals surface area contributed by atoms with Crippen molar-refractivity contribution in [3.63, 3.8) is 0 Å². The minimum Gasteiger partial charge on any atom is -0.478 e. The van der Waals surface area contributed by atoms with E-state index in [1.807, 2.05) is 17.6 Å². The molecule has 7 heteroatoms. The zero-order valence-electron chi connectivity index (χ0n) is 17.6. The van der Waals surface area contributed by atoms with Gasteiger partial charge in [0.1, 0.15) is 6.54 Å². The molecule has 0 radical (unpaired) electrons. The zero-order valence-corrected chi connectivity index (χ0v) is 17.6. The van der Waals surface area contributed by atoms with Gasteiger partial charge in [-0.05, 0) is 48.9 Å². The number of hydrogen-bond donors (Lipinski definition) is 1. The first-order valence-electron chi connectivity index (χ1n) is 10.4. The van der Waals surface area contributed by atoms with Crippen LogP contribution in [-0.4, -0.2) is 45.5 Å². The first kappa shape index (κ1) is 20.2. The molecule has 3 aromatic rings. The highest BCUT2D eigenvalue weighted by Crippen LogP contribution is 2.44. The van der Waals surface area contributed by atoms with Crippen molar-refractivity contribution in [1.82, 2.24) is 14.5 Å². The molecule has 1 N–H and O–H groups in total. The van der Waals surface area contributed by atoms with Gasteiger partial charge in [-0.2, -0.15) is 0 Å². The Labute approximate surface area is 175 Å². The van der Waals surface area contributed by atoms with E-state index in [4.69, 9.17) is 4.42 Å². The van der Waals surface area contributed by atoms with Crippen molar-refractivity contribution in [2.45, 2.75) is 51.5 Å². The van der Waals surface area contributed by atoms with Crippen molar-refractivity contribution in [2.24, 2.45) is 0 Å². The molecule has 4 rings (SSSR count). The van der Waals surface area contributed by atoms with Crippen molar-refractivity contribution >= 4 is 22.8 Å². The molecule has 2 heterocycles. The number of fused-ring (bicyclic) bond motifs is 1. The fourth-order valence-corrected chi connectivity index (χ4v) is 4.60. The standard InChI is InChI=1S/C23H27N3O4/c1-14-9-17-18(10-16(14)23(28)29)26(12-20(27)25(2)3)22(19-11-24-13-30-19)21(17)15-7-5-4-6-8-15/h9-11,13,15H,4-8,12H2,1-3H3,(H,28,29). The van der Waals surface area contributed by atoms with Gasteiger partial charge in [0.05, 0.1) is 23.0 Å². The molecule has 7 nitrogen and oxygen atoms in total. The van der Waals surface area contributed by atoms with Crippen molar-refractivity contribution in [2.75, 3.05) is 14.1 Å². The van der Waals surface area contributed by atoms with Crippen molar-refractivity contribution in [3.8, 4) is 11.5 Å². The normalized spacial score (nSPS) is 14.9. The van der Waals surface area contributed by atoms with Gasteiger partial charge in [-0.25, -0.2) is 9.78 Å². The van der Waals surface area contributed by atoms with E-state index in [1.165, 1.54) is 12.8 Å². The van der Waals surface area contributed by atoms with Crippen LogP contribution in [0.1, 0.15) is 59.5 Å². The number of carbonyl (C=O) groups excluding carboxylic acids is 1. The largest absolute Gasteiger partial charge is 0.478 e. The number of benzene rings is 1. The first-order valence-corrected chi connectivity index (χ1v) is 10.4. The molecular weight excluding hydrogens is 382 g/mol. The number of likely N-dealkylation sites (N-methyl/N-ethyl adjacent to an activating group) is 1. The summed E-state index contributed by atoms with van der Waals surface area (Å²) in [4.78, 5) is 30.2. The lowest BCUT2D eigenvalue weighted by Crippen LogP contribution is -2.26. The monoisotopic (exact) mass is 409 g/mol. The molecule has 1 aromatic carbocycles. The highest BCUT2D eigenvalue weighted by atomic mass is 16.4. The van der Waals surface area contributed by atoms with Crippen LogP contribution in [0.3, 0.4) is 0 Å². The van der Waals surface area contributed by atoms with Crippen LogP contribution in [0.4, 0.5) is 0 Å². The van der Waals surface area contributed by atoms with E-state index in [9.17, 15) is 14.7 Å². The number of carbonyl (C=O) groups is 2. The third kappa shape index (κ3) is 3.49. The Morgan fingerprint density at radius 2 is 1.97 bits per heavy atom. The maximum absolute atomic E-state index is 12.7. The van der Waals surface area contributed by atoms with Crippen molar-refractivity contribution in [3.05, 3.63) is 41.4 Å². The van der Waals surface area contributed by atoms with E-state index < -0.39 is 5.97 Å². The van der Waals surface area contributed by atoms with Crippen LogP contribution in [0.25, 0.3) is 22.4 Å². The van der Waals surface area contributed by atoms with E-state index in [1.54, 1.807) is 31.3 Å². The van der Waals surface area contributed by atoms with Gasteiger partial charge in [-0.15, -0.1) is 0 Å². The number of rotatable bonds is 5. The number of amides is 1. The predicted molar refractivity (Wildman–Crippen MR) is 114 cm³/mol. The van der Waals surface area contributed by atoms with Gasteiger partial charge in [0, 0.05) is 19.5 Å². The number of hydrogen-bond acceptors (Lipinski definition) is 4. The second-order valence-corrected chi connectivity index (χ2v) is 8.33. The minimum atomic E-state index is -0.971. The average Bonchev–Trinajstić information content (AvgIpc) is 3.34. The third-order valence-corrected chi connectivity index (χ3v) is 6.15. The molecule has 0 aliphatic heterocycles. The van der Waals surface area contributed by atoms with E-state index >= 15 is 0 Å². The molecule has 1 saturated carbocycles. The molecule has 1 aliphatic rings. The van der Waals surface area contributed by atoms with Gasteiger partial charge in [0.2, 0.25) is 5.91 Å². The molecule has 0 atom stereocenters. The van der Waals surface area contributed by atoms with Crippen molar-refractivity contribution < 1.29 is 19.1 Å². The number of aryl methyl sites for hydroxylation is 1. The summed E-state index contributed by atoms with van der Waals surface area (Å²) in [6.07, 6.45) is 8.76. The first-order chi connectivity index (χ1) is 14.4. The summed E-state index contributed by atoms with van der Waals surface area (Å²) in [6, 6.07) is 3.65. The number of carboxylic acid groups (broad SMARTS) is 1. The molecule has 0 bridgehead atoms. The molecule has 30 heavy (non-hydrogen) atoms. The van der Waals surface area contributed by atoms with Gasteiger partial charge < -0.3 is 19.0 Å². The molecule has 158 valence electrons. The Morgan fingerprint density at radius 3 is 2.57 bits per heavy atom. The number of aromatic carboxylic acids is 1. The Bertz CT molecular complexity index is 1090. The molecule has 1 aliphatic carbocycles. The van der Waals surface area contributed by atoms with Crippen LogP contribution in [0.2, 0.25) is 0 Å². The van der Waals surface area contributed by atoms with Gasteiger partial charge in [0.15, 0.2) is 12.2 Å². The number of carboxylic acids is 1. The quantitative estimate of drug-likeness (QED) is 0.673. The molecule has 1 fully saturated rings. The Morgan fingerprint density at radius 1 is 1.23 bits per heavy atom. The van der Waals surface area contributed by atoms with Crippen LogP contribution >= 0.6 is 0 Å². The van der Waals surface area contributed by atoms with Crippen LogP contribution in [0.5, 0.6) is 0 Å². The van der Waals surface area contributed by atoms with Crippen LogP contribution in [-0.2, 0) is 11.3 Å². The van der Waals surface area contributed by atoms with Gasteiger partial charge in [-0.3, -0.25) is 4.79 Å². The molecule has 1 amide bonds. The second kappa shape index (κ2) is 7.97. The Balaban J connectivity index is 2.05. The lowest BCUT2D eigenvalue weighted by atomic mass is 9.82. The smallest absolute Gasteiger partial charge is 0.336 e. The predicted octanol–water partition coefficient (Wildman–Crippen LogP) is 4.44. The summed E-state index contributed by atoms with van der Waals surface area (Å²) in [5.41, 5.74) is 3.70. The highest BCUT2D eigenvalue weighted by Gasteiger charge is 2.29. The SMILES string of the molecule is Cc1cc2c(C3CCCCC3)c(-c3cnco3)n(CC(=O)N(C)C)c2cc1C(=O)O. The summed E-state index contributed by atoms with van der Waals surface area (Å²) < 4.78 is 7.61. The van der Waals surface area contributed by atoms with Crippen molar-refractivity contribution in [1.29, 1.82) is 0 Å². The summed E-state index contributed by atoms with van der Waals surface area (Å²) in [7, 11) is 3.44. The summed E-state index contributed by atoms with van der Waals surface area (Å²) in [6.45, 7) is 1.93. The van der Waals surface area contributed by atoms with Gasteiger partial charge in [0.25, 0.3) is 0 Å². The summed E-state index contributed by atoms with van der Waals surface area (Å²) in [5, 5.41) is 10.7. The highest BCUT2D eigenvalue weighted by molar-refractivity contribution is 5.99. The van der Waals surface area contributed by atoms with Gasteiger partial charge in [-0.1, -0.05) is 19.3 Å². The fraction of sp³-hybridized carbons (Fsp3) is 0.435. The Kier molecular flexibility index (Phi) is 5.37. The average molecular weight is 409 g/mol. The maximum Gasteiger partial charge on any atom is 0.336 e. The maximum atomic E-state index is 12.7. The lowest BCUT2D eigenvalue weighted by molar-refractivity contribution is -0.129. The second-order valence-electron chi connectivity index (χ2n) is 8.33. The topological polar surface area (TPSA) is 88.6 Å². The number of aromatic nitrogens is 2. The zero-order chi connectivity index (χ0) is 21.4. The molecule has 0 spiro atoms. The summed E-state index contributed by atoms with van der Waals surface area (Å²) in [5.74, 6) is -0.0955. The van der Waals surface area contributed by atoms with E-state index in [0.29, 0.717) is 17.2 Å². The van der Waals surface area contributed by atoms with Crippen LogP contribution < -0.4 is 0 Å². The number of nitrogens with zero attached hydrogens (tertiary/aromatic N) is 3. The molecule has 2 aromatic heterocycles. The van der Waals surface area contributed by atoms with Crippen LogP contribution in [0, 0.1) is 6.92 Å². The van der Waals surface area contributed by atoms with Gasteiger partial charge >= 0.3 is 5.97 Å². The van der Waals surface area contributed by atoms with E-state index in [2.05, 4.69) is 4.98 Å².